The number of rotatable bonds is 8. The molecular weight excluding hydrogens is 390 g/mol. The maximum absolute atomic E-state index is 12.4. The van der Waals surface area contributed by atoms with Crippen molar-refractivity contribution in [1.29, 1.82) is 0 Å². The fraction of sp³-hybridized carbons (Fsp3) is 0.333. The number of carbonyl (C=O) groups excluding carboxylic acids is 1. The minimum atomic E-state index is -0.174. The number of aromatic nitrogens is 2. The number of ether oxygens (including phenoxy) is 1. The third-order valence-corrected chi connectivity index (χ3v) is 5.40. The Bertz CT molecular complexity index is 968. The van der Waals surface area contributed by atoms with E-state index in [9.17, 15) is 4.79 Å². The number of nitrogens with zero attached hydrogens (tertiary/aromatic N) is 3. The third-order valence-electron chi connectivity index (χ3n) is 5.40. The fourth-order valence-electron chi connectivity index (χ4n) is 3.73. The molecule has 3 aromatic rings. The summed E-state index contributed by atoms with van der Waals surface area (Å²) in [7, 11) is 0. The van der Waals surface area contributed by atoms with Gasteiger partial charge in [0.2, 0.25) is 0 Å². The lowest BCUT2D eigenvalue weighted by Gasteiger charge is -2.26. The van der Waals surface area contributed by atoms with Gasteiger partial charge in [0.15, 0.2) is 0 Å². The van der Waals surface area contributed by atoms with Crippen LogP contribution in [0, 0.1) is 0 Å². The molecule has 2 N–H and O–H groups in total. The summed E-state index contributed by atoms with van der Waals surface area (Å²) in [6.45, 7) is 6.09. The van der Waals surface area contributed by atoms with Crippen molar-refractivity contribution < 1.29 is 9.53 Å². The molecule has 1 aliphatic heterocycles. The van der Waals surface area contributed by atoms with Gasteiger partial charge in [0.25, 0.3) is 0 Å². The average Bonchev–Trinajstić information content (AvgIpc) is 3.31. The van der Waals surface area contributed by atoms with Crippen molar-refractivity contribution in [3.05, 3.63) is 89.2 Å². The van der Waals surface area contributed by atoms with Crippen LogP contribution < -0.4 is 10.6 Å². The summed E-state index contributed by atoms with van der Waals surface area (Å²) in [4.78, 5) is 14.8. The molecule has 4 rings (SSSR count). The molecule has 162 valence electrons. The molecule has 1 fully saturated rings. The minimum Gasteiger partial charge on any atom is -0.379 e. The van der Waals surface area contributed by atoms with Crippen molar-refractivity contribution in [2.45, 2.75) is 26.2 Å². The molecule has 0 saturated carbocycles. The maximum atomic E-state index is 12.4. The topological polar surface area (TPSA) is 71.4 Å². The number of carbonyl (C=O) groups is 1. The number of benzene rings is 2. The molecule has 0 spiro atoms. The molecule has 7 heteroatoms. The lowest BCUT2D eigenvalue weighted by atomic mass is 10.1. The Labute approximate surface area is 183 Å². The van der Waals surface area contributed by atoms with Crippen molar-refractivity contribution in [1.82, 2.24) is 25.3 Å². The highest BCUT2D eigenvalue weighted by Gasteiger charge is 2.11. The van der Waals surface area contributed by atoms with Crippen LogP contribution in [0.25, 0.3) is 0 Å². The van der Waals surface area contributed by atoms with Crippen LogP contribution in [0.15, 0.2) is 67.0 Å². The number of hydrogen-bond acceptors (Lipinski definition) is 4. The first-order chi connectivity index (χ1) is 15.3. The number of nitrogens with one attached hydrogen (secondary N) is 2. The Kier molecular flexibility index (Phi) is 7.31. The van der Waals surface area contributed by atoms with Crippen LogP contribution in [0.4, 0.5) is 4.79 Å². The van der Waals surface area contributed by atoms with Gasteiger partial charge in [-0.25, -0.2) is 4.79 Å². The zero-order chi connectivity index (χ0) is 21.3. The van der Waals surface area contributed by atoms with Crippen molar-refractivity contribution in [2.75, 3.05) is 26.3 Å². The molecule has 0 bridgehead atoms. The van der Waals surface area contributed by atoms with Crippen LogP contribution in [0.3, 0.4) is 0 Å². The smallest absolute Gasteiger partial charge is 0.315 e. The molecular formula is C24H29N5O2. The van der Waals surface area contributed by atoms with Crippen LogP contribution >= 0.6 is 0 Å². The first kappa shape index (κ1) is 21.1. The van der Waals surface area contributed by atoms with Crippen LogP contribution in [0.1, 0.15) is 22.3 Å². The second kappa shape index (κ2) is 10.7. The van der Waals surface area contributed by atoms with Gasteiger partial charge in [-0.3, -0.25) is 9.58 Å². The molecule has 0 atom stereocenters. The van der Waals surface area contributed by atoms with Crippen molar-refractivity contribution in [2.24, 2.45) is 0 Å². The predicted molar refractivity (Wildman–Crippen MR) is 119 cm³/mol. The van der Waals surface area contributed by atoms with Gasteiger partial charge >= 0.3 is 6.03 Å². The maximum Gasteiger partial charge on any atom is 0.315 e. The van der Waals surface area contributed by atoms with Gasteiger partial charge < -0.3 is 15.4 Å². The highest BCUT2D eigenvalue weighted by Crippen LogP contribution is 2.11. The van der Waals surface area contributed by atoms with Gasteiger partial charge in [-0.2, -0.15) is 5.10 Å². The zero-order valence-corrected chi connectivity index (χ0v) is 17.7. The molecule has 2 aromatic carbocycles. The van der Waals surface area contributed by atoms with Crippen LogP contribution in [-0.2, 0) is 30.9 Å². The van der Waals surface area contributed by atoms with Crippen molar-refractivity contribution >= 4 is 6.03 Å². The normalized spacial score (nSPS) is 14.3. The molecule has 1 aliphatic rings. The molecule has 1 aromatic heterocycles. The molecule has 0 unspecified atom stereocenters. The van der Waals surface area contributed by atoms with Gasteiger partial charge in [0.05, 0.1) is 19.8 Å². The predicted octanol–water partition coefficient (Wildman–Crippen LogP) is 2.76. The second-order valence-electron chi connectivity index (χ2n) is 7.72. The molecule has 1 saturated heterocycles. The summed E-state index contributed by atoms with van der Waals surface area (Å²) in [5.74, 6) is 0. The first-order valence-electron chi connectivity index (χ1n) is 10.7. The highest BCUT2D eigenvalue weighted by molar-refractivity contribution is 5.73. The Morgan fingerprint density at radius 3 is 2.48 bits per heavy atom. The van der Waals surface area contributed by atoms with Gasteiger partial charge in [0.1, 0.15) is 0 Å². The van der Waals surface area contributed by atoms with Gasteiger partial charge in [-0.05, 0) is 28.3 Å². The zero-order valence-electron chi connectivity index (χ0n) is 17.7. The fourth-order valence-corrected chi connectivity index (χ4v) is 3.73. The Morgan fingerprint density at radius 2 is 1.68 bits per heavy atom. The van der Waals surface area contributed by atoms with E-state index in [0.29, 0.717) is 19.6 Å². The van der Waals surface area contributed by atoms with Crippen LogP contribution in [0.2, 0.25) is 0 Å². The lowest BCUT2D eigenvalue weighted by Crippen LogP contribution is -2.36. The van der Waals surface area contributed by atoms with Crippen LogP contribution in [-0.4, -0.2) is 47.0 Å². The Morgan fingerprint density at radius 1 is 0.903 bits per heavy atom. The number of amides is 2. The second-order valence-corrected chi connectivity index (χ2v) is 7.72. The number of morpholine rings is 1. The van der Waals surface area contributed by atoms with E-state index in [1.54, 1.807) is 6.20 Å². The van der Waals surface area contributed by atoms with Crippen LogP contribution in [0.5, 0.6) is 0 Å². The van der Waals surface area contributed by atoms with E-state index >= 15 is 0 Å². The van der Waals surface area contributed by atoms with Crippen molar-refractivity contribution in [3.8, 4) is 0 Å². The molecule has 31 heavy (non-hydrogen) atoms. The molecule has 2 heterocycles. The van der Waals surface area contributed by atoms with E-state index in [1.165, 1.54) is 5.56 Å². The minimum absolute atomic E-state index is 0.174. The SMILES string of the molecule is O=C(NCc1cccc(CN2CCOCC2)c1)NCc1ccccc1Cn1cccn1. The van der Waals surface area contributed by atoms with Gasteiger partial charge in [-0.1, -0.05) is 48.5 Å². The molecule has 7 nitrogen and oxygen atoms in total. The lowest BCUT2D eigenvalue weighted by molar-refractivity contribution is 0.0342. The number of hydrogen-bond donors (Lipinski definition) is 2. The summed E-state index contributed by atoms with van der Waals surface area (Å²) < 4.78 is 7.29. The number of urea groups is 1. The summed E-state index contributed by atoms with van der Waals surface area (Å²) in [6, 6.07) is 18.2. The first-order valence-corrected chi connectivity index (χ1v) is 10.7. The van der Waals surface area contributed by atoms with E-state index in [1.807, 2.05) is 41.2 Å². The summed E-state index contributed by atoms with van der Waals surface area (Å²) in [5.41, 5.74) is 4.58. The van der Waals surface area contributed by atoms with E-state index in [0.717, 1.165) is 49.5 Å². The van der Waals surface area contributed by atoms with Gasteiger partial charge in [-0.15, -0.1) is 0 Å². The monoisotopic (exact) mass is 419 g/mol. The van der Waals surface area contributed by atoms with Crippen molar-refractivity contribution in [3.63, 3.8) is 0 Å². The van der Waals surface area contributed by atoms with E-state index in [4.69, 9.17) is 4.74 Å². The summed E-state index contributed by atoms with van der Waals surface area (Å²) >= 11 is 0. The molecule has 0 aliphatic carbocycles. The molecule has 2 amide bonds. The summed E-state index contributed by atoms with van der Waals surface area (Å²) in [6.07, 6.45) is 3.70. The largest absolute Gasteiger partial charge is 0.379 e. The molecule has 0 radical (unpaired) electrons. The standard InChI is InChI=1S/C24H29N5O2/c30-24(26-17-22-7-1-2-8-23(22)19-29-10-4-9-27-29)25-16-20-5-3-6-21(15-20)18-28-11-13-31-14-12-28/h1-10,15H,11-14,16-19H2,(H2,25,26,30). The van der Waals surface area contributed by atoms with E-state index < -0.39 is 0 Å². The quantitative estimate of drug-likeness (QED) is 0.589. The van der Waals surface area contributed by atoms with E-state index in [2.05, 4.69) is 44.9 Å². The third kappa shape index (κ3) is 6.41. The Balaban J connectivity index is 1.26. The van der Waals surface area contributed by atoms with Gasteiger partial charge in [0, 0.05) is 45.1 Å². The summed E-state index contributed by atoms with van der Waals surface area (Å²) in [5, 5.41) is 10.2. The van der Waals surface area contributed by atoms with E-state index in [-0.39, 0.29) is 6.03 Å². The Hall–Kier alpha value is -3.16. The highest BCUT2D eigenvalue weighted by atomic mass is 16.5. The average molecular weight is 420 g/mol.